The molecular formula is C13H12N2O4S. The molecule has 0 saturated carbocycles. The van der Waals surface area contributed by atoms with E-state index in [2.05, 4.69) is 10.3 Å². The first kappa shape index (κ1) is 14.0. The number of ether oxygens (including phenoxy) is 1. The summed E-state index contributed by atoms with van der Waals surface area (Å²) in [7, 11) is 0. The van der Waals surface area contributed by atoms with Crippen LogP contribution in [0.25, 0.3) is 0 Å². The first-order valence-electron chi connectivity index (χ1n) is 5.73. The lowest BCUT2D eigenvalue weighted by Crippen LogP contribution is -2.05. The van der Waals surface area contributed by atoms with Crippen LogP contribution in [-0.4, -0.2) is 22.0 Å². The van der Waals surface area contributed by atoms with Gasteiger partial charge in [0.1, 0.15) is 12.4 Å². The van der Waals surface area contributed by atoms with Gasteiger partial charge in [-0.05, 0) is 24.3 Å². The number of rotatable bonds is 5. The van der Waals surface area contributed by atoms with Crippen molar-refractivity contribution >= 4 is 28.9 Å². The van der Waals surface area contributed by atoms with Crippen LogP contribution in [0.15, 0.2) is 29.6 Å². The number of carbonyl (C=O) groups excluding carboxylic acids is 1. The standard InChI is InChI=1S/C13H12N2O4S/c1-8(16)14-9-2-4-11(5-3-9)19-6-10-7-20-12(15-10)13(17)18/h2-5,7H,6H2,1H3,(H,14,16)(H,17,18). The van der Waals surface area contributed by atoms with E-state index in [1.54, 1.807) is 29.6 Å². The van der Waals surface area contributed by atoms with E-state index < -0.39 is 5.97 Å². The number of carboxylic acids is 1. The Balaban J connectivity index is 1.93. The molecule has 2 aromatic rings. The maximum absolute atomic E-state index is 10.9. The molecule has 2 N–H and O–H groups in total. The Kier molecular flexibility index (Phi) is 4.31. The van der Waals surface area contributed by atoms with Gasteiger partial charge in [-0.1, -0.05) is 0 Å². The number of benzene rings is 1. The molecule has 0 saturated heterocycles. The van der Waals surface area contributed by atoms with E-state index in [1.165, 1.54) is 6.92 Å². The number of anilines is 1. The molecule has 0 aliphatic heterocycles. The molecule has 1 aromatic carbocycles. The summed E-state index contributed by atoms with van der Waals surface area (Å²) < 4.78 is 5.48. The number of nitrogens with zero attached hydrogens (tertiary/aromatic N) is 1. The largest absolute Gasteiger partial charge is 0.487 e. The second-order valence-corrected chi connectivity index (χ2v) is 4.80. The van der Waals surface area contributed by atoms with Gasteiger partial charge in [-0.2, -0.15) is 0 Å². The zero-order valence-corrected chi connectivity index (χ0v) is 11.4. The lowest BCUT2D eigenvalue weighted by molar-refractivity contribution is -0.114. The monoisotopic (exact) mass is 292 g/mol. The Hall–Kier alpha value is -2.41. The van der Waals surface area contributed by atoms with Crippen LogP contribution in [0.4, 0.5) is 5.69 Å². The molecular weight excluding hydrogens is 280 g/mol. The number of aromatic carboxylic acids is 1. The normalized spacial score (nSPS) is 10.1. The van der Waals surface area contributed by atoms with Crippen molar-refractivity contribution in [1.82, 2.24) is 4.98 Å². The number of thiazole rings is 1. The van der Waals surface area contributed by atoms with Gasteiger partial charge in [0.25, 0.3) is 0 Å². The van der Waals surface area contributed by atoms with Crippen LogP contribution in [0.5, 0.6) is 5.75 Å². The number of amides is 1. The van der Waals surface area contributed by atoms with Crippen LogP contribution >= 0.6 is 11.3 Å². The van der Waals surface area contributed by atoms with Gasteiger partial charge >= 0.3 is 5.97 Å². The molecule has 2 rings (SSSR count). The maximum Gasteiger partial charge on any atom is 0.365 e. The third-order valence-electron chi connectivity index (χ3n) is 2.30. The lowest BCUT2D eigenvalue weighted by atomic mass is 10.3. The molecule has 104 valence electrons. The molecule has 0 spiro atoms. The predicted molar refractivity (Wildman–Crippen MR) is 74.2 cm³/mol. The molecule has 0 fully saturated rings. The molecule has 0 aliphatic carbocycles. The van der Waals surface area contributed by atoms with Crippen molar-refractivity contribution in [2.45, 2.75) is 13.5 Å². The quantitative estimate of drug-likeness (QED) is 0.883. The summed E-state index contributed by atoms with van der Waals surface area (Å²) in [6.45, 7) is 1.63. The van der Waals surface area contributed by atoms with Crippen molar-refractivity contribution in [3.63, 3.8) is 0 Å². The predicted octanol–water partition coefficient (Wildman–Crippen LogP) is 2.38. The molecule has 1 heterocycles. The van der Waals surface area contributed by atoms with Gasteiger partial charge in [-0.15, -0.1) is 11.3 Å². The zero-order chi connectivity index (χ0) is 14.5. The average molecular weight is 292 g/mol. The number of aromatic nitrogens is 1. The SMILES string of the molecule is CC(=O)Nc1ccc(OCc2csc(C(=O)O)n2)cc1. The Morgan fingerprint density at radius 1 is 1.35 bits per heavy atom. The van der Waals surface area contributed by atoms with Gasteiger partial charge in [0.15, 0.2) is 0 Å². The van der Waals surface area contributed by atoms with Crippen molar-refractivity contribution in [3.05, 3.63) is 40.3 Å². The van der Waals surface area contributed by atoms with Crippen molar-refractivity contribution in [1.29, 1.82) is 0 Å². The second kappa shape index (κ2) is 6.16. The molecule has 6 nitrogen and oxygen atoms in total. The molecule has 1 amide bonds. The Morgan fingerprint density at radius 2 is 2.05 bits per heavy atom. The van der Waals surface area contributed by atoms with E-state index in [4.69, 9.17) is 9.84 Å². The van der Waals surface area contributed by atoms with Gasteiger partial charge in [-0.25, -0.2) is 9.78 Å². The number of hydrogen-bond donors (Lipinski definition) is 2. The molecule has 0 atom stereocenters. The van der Waals surface area contributed by atoms with Crippen LogP contribution in [0.1, 0.15) is 22.4 Å². The number of carbonyl (C=O) groups is 2. The third-order valence-corrected chi connectivity index (χ3v) is 3.18. The molecule has 0 aliphatic rings. The van der Waals surface area contributed by atoms with Crippen molar-refractivity contribution in [2.24, 2.45) is 0 Å². The van der Waals surface area contributed by atoms with E-state index in [1.807, 2.05) is 0 Å². The minimum absolute atomic E-state index is 0.0459. The molecule has 0 unspecified atom stereocenters. The van der Waals surface area contributed by atoms with Gasteiger partial charge < -0.3 is 15.2 Å². The van der Waals surface area contributed by atoms with Crippen LogP contribution < -0.4 is 10.1 Å². The van der Waals surface area contributed by atoms with E-state index >= 15 is 0 Å². The van der Waals surface area contributed by atoms with Gasteiger partial charge in [0.2, 0.25) is 10.9 Å². The number of hydrogen-bond acceptors (Lipinski definition) is 5. The molecule has 20 heavy (non-hydrogen) atoms. The summed E-state index contributed by atoms with van der Waals surface area (Å²) in [5.41, 5.74) is 1.25. The summed E-state index contributed by atoms with van der Waals surface area (Å²) in [6, 6.07) is 6.88. The summed E-state index contributed by atoms with van der Waals surface area (Å²) >= 11 is 1.06. The van der Waals surface area contributed by atoms with Crippen LogP contribution in [-0.2, 0) is 11.4 Å². The minimum Gasteiger partial charge on any atom is -0.487 e. The van der Waals surface area contributed by atoms with E-state index in [-0.39, 0.29) is 17.5 Å². The van der Waals surface area contributed by atoms with E-state index in [0.29, 0.717) is 17.1 Å². The highest BCUT2D eigenvalue weighted by Crippen LogP contribution is 2.18. The van der Waals surface area contributed by atoms with Crippen LogP contribution in [0.2, 0.25) is 0 Å². The maximum atomic E-state index is 10.9. The van der Waals surface area contributed by atoms with E-state index in [9.17, 15) is 9.59 Å². The number of nitrogens with one attached hydrogen (secondary N) is 1. The summed E-state index contributed by atoms with van der Waals surface area (Å²) in [4.78, 5) is 25.5. The van der Waals surface area contributed by atoms with Crippen LogP contribution in [0, 0.1) is 0 Å². The van der Waals surface area contributed by atoms with Gasteiger partial charge in [-0.3, -0.25) is 4.79 Å². The van der Waals surface area contributed by atoms with Crippen LogP contribution in [0.3, 0.4) is 0 Å². The second-order valence-electron chi connectivity index (χ2n) is 3.94. The summed E-state index contributed by atoms with van der Waals surface area (Å²) in [6.07, 6.45) is 0. The molecule has 7 heteroatoms. The smallest absolute Gasteiger partial charge is 0.365 e. The Labute approximate surface area is 119 Å². The van der Waals surface area contributed by atoms with E-state index in [0.717, 1.165) is 11.3 Å². The highest BCUT2D eigenvalue weighted by molar-refractivity contribution is 7.11. The van der Waals surface area contributed by atoms with Crippen molar-refractivity contribution < 1.29 is 19.4 Å². The fraction of sp³-hybridized carbons (Fsp3) is 0.154. The average Bonchev–Trinajstić information content (AvgIpc) is 2.86. The Morgan fingerprint density at radius 3 is 2.60 bits per heavy atom. The van der Waals surface area contributed by atoms with Gasteiger partial charge in [0, 0.05) is 18.0 Å². The topological polar surface area (TPSA) is 88.5 Å². The minimum atomic E-state index is -1.04. The fourth-order valence-corrected chi connectivity index (χ4v) is 2.11. The highest BCUT2D eigenvalue weighted by atomic mass is 32.1. The number of carboxylic acid groups (broad SMARTS) is 1. The molecule has 0 bridgehead atoms. The fourth-order valence-electron chi connectivity index (χ4n) is 1.47. The van der Waals surface area contributed by atoms with Crippen molar-refractivity contribution in [2.75, 3.05) is 5.32 Å². The summed E-state index contributed by atoms with van der Waals surface area (Å²) in [5.74, 6) is -0.563. The molecule has 1 aromatic heterocycles. The van der Waals surface area contributed by atoms with Crippen molar-refractivity contribution in [3.8, 4) is 5.75 Å². The third kappa shape index (κ3) is 3.79. The Bertz CT molecular complexity index is 622. The highest BCUT2D eigenvalue weighted by Gasteiger charge is 2.09. The molecule has 0 radical (unpaired) electrons. The first-order chi connectivity index (χ1) is 9.54. The van der Waals surface area contributed by atoms with Gasteiger partial charge in [0.05, 0.1) is 5.69 Å². The zero-order valence-electron chi connectivity index (χ0n) is 10.6. The lowest BCUT2D eigenvalue weighted by Gasteiger charge is -2.06. The first-order valence-corrected chi connectivity index (χ1v) is 6.60. The summed E-state index contributed by atoms with van der Waals surface area (Å²) in [5, 5.41) is 13.1.